The third-order valence-electron chi connectivity index (χ3n) is 3.77. The number of benzene rings is 1. The van der Waals surface area contributed by atoms with Crippen LogP contribution >= 0.6 is 0 Å². The van der Waals surface area contributed by atoms with Crippen LogP contribution in [0.3, 0.4) is 0 Å². The number of carbonyl (C=O) groups is 2. The maximum absolute atomic E-state index is 12.5. The number of nitrogens with one attached hydrogen (secondary N) is 2. The smallest absolute Gasteiger partial charge is 0.408 e. The van der Waals surface area contributed by atoms with Crippen LogP contribution in [-0.2, 0) is 9.53 Å². The number of hydrogen-bond acceptors (Lipinski definition) is 5. The normalized spacial score (nSPS) is 14.7. The highest BCUT2D eigenvalue weighted by Gasteiger charge is 2.25. The number of fused-ring (bicyclic) bond motifs is 1. The summed E-state index contributed by atoms with van der Waals surface area (Å²) in [7, 11) is 0. The number of para-hydroxylation sites is 1. The van der Waals surface area contributed by atoms with Crippen LogP contribution in [0.15, 0.2) is 34.9 Å². The Morgan fingerprint density at radius 2 is 2.00 bits per heavy atom. The zero-order valence-electron chi connectivity index (χ0n) is 17.1. The zero-order valence-corrected chi connectivity index (χ0v) is 17.1. The van der Waals surface area contributed by atoms with Crippen molar-refractivity contribution in [2.75, 3.05) is 6.61 Å². The topological polar surface area (TPSA) is 89.0 Å². The Bertz CT molecular complexity index is 763. The summed E-state index contributed by atoms with van der Waals surface area (Å²) >= 11 is 0. The summed E-state index contributed by atoms with van der Waals surface area (Å²) in [6, 6.07) is 6.96. The number of rotatable bonds is 6. The van der Waals surface area contributed by atoms with Crippen LogP contribution in [0.1, 0.15) is 46.6 Å². The molecule has 7 nitrogen and oxygen atoms in total. The molecule has 1 aromatic carbocycles. The lowest BCUT2D eigenvalue weighted by atomic mass is 10.0. The van der Waals surface area contributed by atoms with Gasteiger partial charge in [0.05, 0.1) is 6.21 Å². The standard InChI is InChI=1S/C21H29N3O4/c1-14(2)10-17(23-20(26)28-21(3,4)5)19(25)24-22-12-15-11-16-8-6-7-9-18(16)27-13-15/h6-9,11-12,14,17H,10,13H2,1-5H3,(H,23,26)(H,24,25)/b22-12-/t17-/m0/s1. The minimum Gasteiger partial charge on any atom is -0.488 e. The molecule has 0 aromatic heterocycles. The Morgan fingerprint density at radius 1 is 1.29 bits per heavy atom. The van der Waals surface area contributed by atoms with Crippen molar-refractivity contribution in [2.24, 2.45) is 11.0 Å². The first-order valence-electron chi connectivity index (χ1n) is 9.39. The first-order chi connectivity index (χ1) is 13.1. The molecule has 0 aliphatic carbocycles. The molecule has 0 saturated heterocycles. The fourth-order valence-electron chi connectivity index (χ4n) is 2.62. The summed E-state index contributed by atoms with van der Waals surface area (Å²) in [6.45, 7) is 9.64. The van der Waals surface area contributed by atoms with E-state index >= 15 is 0 Å². The molecule has 0 saturated carbocycles. The van der Waals surface area contributed by atoms with E-state index in [0.29, 0.717) is 13.0 Å². The molecule has 0 fully saturated rings. The van der Waals surface area contributed by atoms with E-state index in [-0.39, 0.29) is 5.92 Å². The first-order valence-corrected chi connectivity index (χ1v) is 9.39. The van der Waals surface area contributed by atoms with Crippen molar-refractivity contribution in [3.63, 3.8) is 0 Å². The number of nitrogens with zero attached hydrogens (tertiary/aromatic N) is 1. The summed E-state index contributed by atoms with van der Waals surface area (Å²) in [5, 5.41) is 6.63. The van der Waals surface area contributed by atoms with Crippen molar-refractivity contribution in [1.29, 1.82) is 0 Å². The number of alkyl carbamates (subject to hydrolysis) is 1. The van der Waals surface area contributed by atoms with Crippen LogP contribution in [0.5, 0.6) is 5.75 Å². The van der Waals surface area contributed by atoms with Crippen LogP contribution < -0.4 is 15.5 Å². The quantitative estimate of drug-likeness (QED) is 0.577. The largest absolute Gasteiger partial charge is 0.488 e. The second-order valence-corrected chi connectivity index (χ2v) is 8.11. The van der Waals surface area contributed by atoms with Crippen LogP contribution in [0.2, 0.25) is 0 Å². The molecule has 1 aliphatic rings. The Balaban J connectivity index is 1.96. The molecule has 1 aromatic rings. The van der Waals surface area contributed by atoms with Crippen LogP contribution in [0, 0.1) is 5.92 Å². The van der Waals surface area contributed by atoms with Crippen LogP contribution in [0.4, 0.5) is 4.79 Å². The summed E-state index contributed by atoms with van der Waals surface area (Å²) in [4.78, 5) is 24.5. The molecule has 0 bridgehead atoms. The van der Waals surface area contributed by atoms with Crippen molar-refractivity contribution in [1.82, 2.24) is 10.7 Å². The van der Waals surface area contributed by atoms with Gasteiger partial charge < -0.3 is 14.8 Å². The van der Waals surface area contributed by atoms with Gasteiger partial charge in [0.25, 0.3) is 5.91 Å². The van der Waals surface area contributed by atoms with Gasteiger partial charge in [-0.2, -0.15) is 5.10 Å². The predicted octanol–water partition coefficient (Wildman–Crippen LogP) is 3.50. The number of hydrogen-bond donors (Lipinski definition) is 2. The third-order valence-corrected chi connectivity index (χ3v) is 3.77. The molecule has 0 unspecified atom stereocenters. The van der Waals surface area contributed by atoms with E-state index in [1.807, 2.05) is 44.2 Å². The van der Waals surface area contributed by atoms with Crippen LogP contribution in [0.25, 0.3) is 6.08 Å². The zero-order chi connectivity index (χ0) is 20.7. The van der Waals surface area contributed by atoms with Gasteiger partial charge in [-0.25, -0.2) is 10.2 Å². The number of hydrazone groups is 1. The molecule has 1 atom stereocenters. The maximum Gasteiger partial charge on any atom is 0.408 e. The molecule has 1 heterocycles. The fourth-order valence-corrected chi connectivity index (χ4v) is 2.62. The van der Waals surface area contributed by atoms with Gasteiger partial charge in [-0.15, -0.1) is 0 Å². The van der Waals surface area contributed by atoms with Crippen LogP contribution in [-0.4, -0.2) is 36.5 Å². The Labute approximate surface area is 166 Å². The lowest BCUT2D eigenvalue weighted by Crippen LogP contribution is -2.47. The summed E-state index contributed by atoms with van der Waals surface area (Å²) in [6.07, 6.45) is 3.35. The monoisotopic (exact) mass is 387 g/mol. The Morgan fingerprint density at radius 3 is 2.68 bits per heavy atom. The predicted molar refractivity (Wildman–Crippen MR) is 109 cm³/mol. The van der Waals surface area contributed by atoms with E-state index < -0.39 is 23.6 Å². The molecule has 2 amide bonds. The molecule has 2 rings (SSSR count). The summed E-state index contributed by atoms with van der Waals surface area (Å²) in [5.41, 5.74) is 3.65. The van der Waals surface area contributed by atoms with Crippen molar-refractivity contribution in [3.8, 4) is 5.75 Å². The summed E-state index contributed by atoms with van der Waals surface area (Å²) in [5.74, 6) is 0.636. The van der Waals surface area contributed by atoms with E-state index in [2.05, 4.69) is 15.8 Å². The van der Waals surface area contributed by atoms with E-state index in [1.165, 1.54) is 0 Å². The molecule has 7 heteroatoms. The van der Waals surface area contributed by atoms with Crippen molar-refractivity contribution < 1.29 is 19.1 Å². The third kappa shape index (κ3) is 7.06. The molecule has 28 heavy (non-hydrogen) atoms. The van der Waals surface area contributed by atoms with Gasteiger partial charge >= 0.3 is 6.09 Å². The SMILES string of the molecule is CC(C)C[C@H](NC(=O)OC(C)(C)C)C(=O)N/N=C\C1=Cc2ccccc2OC1. The highest BCUT2D eigenvalue weighted by Crippen LogP contribution is 2.24. The van der Waals surface area contributed by atoms with Gasteiger partial charge in [0, 0.05) is 11.1 Å². The molecule has 152 valence electrons. The van der Waals surface area contributed by atoms with Gasteiger partial charge in [0.1, 0.15) is 24.0 Å². The van der Waals surface area contributed by atoms with E-state index in [9.17, 15) is 9.59 Å². The second-order valence-electron chi connectivity index (χ2n) is 8.11. The van der Waals surface area contributed by atoms with Gasteiger partial charge in [-0.1, -0.05) is 32.0 Å². The second kappa shape index (κ2) is 9.39. The molecule has 1 aliphatic heterocycles. The average Bonchev–Trinajstić information content (AvgIpc) is 2.59. The molecular weight excluding hydrogens is 358 g/mol. The first kappa shape index (κ1) is 21.5. The highest BCUT2D eigenvalue weighted by molar-refractivity contribution is 5.90. The highest BCUT2D eigenvalue weighted by atomic mass is 16.6. The molecule has 0 radical (unpaired) electrons. The fraction of sp³-hybridized carbons (Fsp3) is 0.476. The molecular formula is C21H29N3O4. The minimum atomic E-state index is -0.732. The number of carbonyl (C=O) groups excluding carboxylic acids is 2. The lowest BCUT2D eigenvalue weighted by molar-refractivity contribution is -0.123. The lowest BCUT2D eigenvalue weighted by Gasteiger charge is -2.23. The minimum absolute atomic E-state index is 0.209. The summed E-state index contributed by atoms with van der Waals surface area (Å²) < 4.78 is 10.9. The van der Waals surface area contributed by atoms with E-state index in [4.69, 9.17) is 9.47 Å². The average molecular weight is 387 g/mol. The van der Waals surface area contributed by atoms with Crippen molar-refractivity contribution >= 4 is 24.3 Å². The van der Waals surface area contributed by atoms with Crippen molar-refractivity contribution in [3.05, 3.63) is 35.4 Å². The Hall–Kier alpha value is -2.83. The van der Waals surface area contributed by atoms with Gasteiger partial charge in [0.15, 0.2) is 0 Å². The van der Waals surface area contributed by atoms with Gasteiger partial charge in [-0.05, 0) is 45.3 Å². The van der Waals surface area contributed by atoms with E-state index in [0.717, 1.165) is 16.9 Å². The van der Waals surface area contributed by atoms with Gasteiger partial charge in [0.2, 0.25) is 0 Å². The van der Waals surface area contributed by atoms with Gasteiger partial charge in [-0.3, -0.25) is 4.79 Å². The maximum atomic E-state index is 12.5. The van der Waals surface area contributed by atoms with Crippen molar-refractivity contribution in [2.45, 2.75) is 52.7 Å². The molecule has 2 N–H and O–H groups in total. The number of amides is 2. The Kier molecular flexibility index (Phi) is 7.20. The molecule has 0 spiro atoms. The number of ether oxygens (including phenoxy) is 2. The van der Waals surface area contributed by atoms with E-state index in [1.54, 1.807) is 27.0 Å².